The van der Waals surface area contributed by atoms with E-state index in [9.17, 15) is 5.11 Å². The van der Waals surface area contributed by atoms with Crippen LogP contribution < -0.4 is 0 Å². The molecular weight excluding hydrogens is 258 g/mol. The molecule has 1 aliphatic heterocycles. The fourth-order valence-corrected chi connectivity index (χ4v) is 2.55. The predicted octanol–water partition coefficient (Wildman–Crippen LogP) is 0.866. The van der Waals surface area contributed by atoms with Crippen LogP contribution in [0.15, 0.2) is 30.3 Å². The van der Waals surface area contributed by atoms with Crippen LogP contribution >= 0.6 is 0 Å². The molecule has 0 aromatic heterocycles. The average Bonchev–Trinajstić information content (AvgIpc) is 2.76. The maximum atomic E-state index is 10.2. The number of ether oxygens (including phenoxy) is 3. The fourth-order valence-electron chi connectivity index (χ4n) is 2.55. The molecule has 1 aromatic carbocycles. The number of nitrogens with zero attached hydrogens (tertiary/aromatic N) is 1. The van der Waals surface area contributed by atoms with Gasteiger partial charge in [0.2, 0.25) is 0 Å². The number of hydrogen-bond acceptors (Lipinski definition) is 5. The molecule has 5 nitrogen and oxygen atoms in total. The van der Waals surface area contributed by atoms with Gasteiger partial charge in [0, 0.05) is 7.11 Å². The molecule has 4 atom stereocenters. The van der Waals surface area contributed by atoms with Crippen molar-refractivity contribution >= 4 is 0 Å². The van der Waals surface area contributed by atoms with Crippen molar-refractivity contribution < 1.29 is 19.3 Å². The summed E-state index contributed by atoms with van der Waals surface area (Å²) in [5.41, 5.74) is 1.12. The number of likely N-dealkylation sites (N-methyl/N-ethyl adjacent to an activating group) is 1. The summed E-state index contributed by atoms with van der Waals surface area (Å²) in [7, 11) is 5.37. The van der Waals surface area contributed by atoms with Gasteiger partial charge in [0.1, 0.15) is 12.2 Å². The lowest BCUT2D eigenvalue weighted by atomic mass is 10.1. The Labute approximate surface area is 120 Å². The Balaban J connectivity index is 1.87. The van der Waals surface area contributed by atoms with Crippen molar-refractivity contribution in [3.8, 4) is 0 Å². The van der Waals surface area contributed by atoms with E-state index in [4.69, 9.17) is 14.2 Å². The summed E-state index contributed by atoms with van der Waals surface area (Å²) in [4.78, 5) is 1.94. The highest BCUT2D eigenvalue weighted by Gasteiger charge is 2.45. The molecule has 0 amide bonds. The molecule has 0 unspecified atom stereocenters. The normalized spacial score (nSPS) is 30.1. The van der Waals surface area contributed by atoms with Crippen LogP contribution in [0.2, 0.25) is 0 Å². The second-order valence-electron chi connectivity index (χ2n) is 5.22. The Morgan fingerprint density at radius 1 is 1.25 bits per heavy atom. The Bertz CT molecular complexity index is 398. The second-order valence-corrected chi connectivity index (χ2v) is 5.22. The minimum absolute atomic E-state index is 0.129. The third-order valence-electron chi connectivity index (χ3n) is 3.54. The van der Waals surface area contributed by atoms with Crippen molar-refractivity contribution in [1.82, 2.24) is 4.90 Å². The Morgan fingerprint density at radius 2 is 1.95 bits per heavy atom. The van der Waals surface area contributed by atoms with Crippen molar-refractivity contribution in [3.63, 3.8) is 0 Å². The zero-order valence-electron chi connectivity index (χ0n) is 12.2. The molecule has 1 saturated heterocycles. The number of aliphatic hydroxyl groups excluding tert-OH is 1. The van der Waals surface area contributed by atoms with E-state index >= 15 is 0 Å². The molecule has 1 aromatic rings. The summed E-state index contributed by atoms with van der Waals surface area (Å²) in [6.07, 6.45) is -1.46. The highest BCUT2D eigenvalue weighted by Crippen LogP contribution is 2.25. The predicted molar refractivity (Wildman–Crippen MR) is 75.2 cm³/mol. The van der Waals surface area contributed by atoms with Crippen LogP contribution in [0.5, 0.6) is 0 Å². The first-order chi connectivity index (χ1) is 9.63. The molecule has 112 valence electrons. The van der Waals surface area contributed by atoms with Crippen LogP contribution in [0.3, 0.4) is 0 Å². The highest BCUT2D eigenvalue weighted by molar-refractivity contribution is 5.13. The van der Waals surface area contributed by atoms with Gasteiger partial charge in [0.15, 0.2) is 6.29 Å². The first kappa shape index (κ1) is 15.4. The van der Waals surface area contributed by atoms with Crippen LogP contribution in [0.4, 0.5) is 0 Å². The smallest absolute Gasteiger partial charge is 0.185 e. The first-order valence-electron chi connectivity index (χ1n) is 6.78. The van der Waals surface area contributed by atoms with E-state index in [0.717, 1.165) is 5.56 Å². The molecular formula is C15H23NO4. The van der Waals surface area contributed by atoms with Crippen molar-refractivity contribution in [2.24, 2.45) is 0 Å². The first-order valence-corrected chi connectivity index (χ1v) is 6.78. The van der Waals surface area contributed by atoms with Gasteiger partial charge in [-0.2, -0.15) is 0 Å². The van der Waals surface area contributed by atoms with Crippen molar-refractivity contribution in [2.45, 2.75) is 31.1 Å². The summed E-state index contributed by atoms with van der Waals surface area (Å²) in [5.74, 6) is 0. The maximum absolute atomic E-state index is 10.2. The van der Waals surface area contributed by atoms with Gasteiger partial charge in [-0.3, -0.25) is 0 Å². The van der Waals surface area contributed by atoms with Crippen LogP contribution in [-0.2, 0) is 20.8 Å². The van der Waals surface area contributed by atoms with E-state index in [1.54, 1.807) is 0 Å². The minimum Gasteiger partial charge on any atom is -0.386 e. The molecule has 0 saturated carbocycles. The third-order valence-corrected chi connectivity index (χ3v) is 3.54. The lowest BCUT2D eigenvalue weighted by Crippen LogP contribution is -2.45. The topological polar surface area (TPSA) is 51.2 Å². The summed E-state index contributed by atoms with van der Waals surface area (Å²) < 4.78 is 16.5. The fraction of sp³-hybridized carbons (Fsp3) is 0.600. The van der Waals surface area contributed by atoms with E-state index < -0.39 is 12.4 Å². The molecule has 1 N–H and O–H groups in total. The van der Waals surface area contributed by atoms with Crippen LogP contribution in [0.25, 0.3) is 0 Å². The summed E-state index contributed by atoms with van der Waals surface area (Å²) in [6, 6.07) is 9.86. The molecule has 2 rings (SSSR count). The van der Waals surface area contributed by atoms with Gasteiger partial charge in [-0.1, -0.05) is 30.3 Å². The number of aliphatic hydroxyl groups is 1. The quantitative estimate of drug-likeness (QED) is 0.838. The SMILES string of the molecule is CO[C@@H]1O[C@H](COCc2ccccc2)[C@@H](N(C)C)[C@@H]1O. The second kappa shape index (κ2) is 7.15. The van der Waals surface area contributed by atoms with Crippen molar-refractivity contribution in [3.05, 3.63) is 35.9 Å². The molecule has 5 heteroatoms. The number of rotatable bonds is 6. The highest BCUT2D eigenvalue weighted by atomic mass is 16.7. The molecule has 1 aliphatic rings. The Hall–Kier alpha value is -0.980. The van der Waals surface area contributed by atoms with E-state index in [0.29, 0.717) is 13.2 Å². The maximum Gasteiger partial charge on any atom is 0.185 e. The zero-order chi connectivity index (χ0) is 14.5. The van der Waals surface area contributed by atoms with Crippen LogP contribution in [-0.4, -0.2) is 62.4 Å². The van der Waals surface area contributed by atoms with E-state index in [1.165, 1.54) is 7.11 Å². The number of methoxy groups -OCH3 is 1. The monoisotopic (exact) mass is 281 g/mol. The standard InChI is InChI=1S/C15H23NO4/c1-16(2)13-12(20-15(18-3)14(13)17)10-19-9-11-7-5-4-6-8-11/h4-8,12-15,17H,9-10H2,1-3H3/t12-,13-,14+,15-/m1/s1. The number of hydrogen-bond donors (Lipinski definition) is 1. The minimum atomic E-state index is -0.666. The lowest BCUT2D eigenvalue weighted by molar-refractivity contribution is -0.156. The van der Waals surface area contributed by atoms with Gasteiger partial charge >= 0.3 is 0 Å². The largest absolute Gasteiger partial charge is 0.386 e. The molecule has 0 spiro atoms. The number of benzene rings is 1. The molecule has 0 aliphatic carbocycles. The van der Waals surface area contributed by atoms with Crippen molar-refractivity contribution in [1.29, 1.82) is 0 Å². The molecule has 0 radical (unpaired) electrons. The van der Waals surface area contributed by atoms with Gasteiger partial charge < -0.3 is 24.2 Å². The summed E-state index contributed by atoms with van der Waals surface area (Å²) in [6.45, 7) is 0.962. The summed E-state index contributed by atoms with van der Waals surface area (Å²) in [5, 5.41) is 10.2. The van der Waals surface area contributed by atoms with E-state index in [1.807, 2.05) is 49.3 Å². The summed E-state index contributed by atoms with van der Waals surface area (Å²) >= 11 is 0. The van der Waals surface area contributed by atoms with Gasteiger partial charge in [-0.15, -0.1) is 0 Å². The van der Waals surface area contributed by atoms with E-state index in [2.05, 4.69) is 0 Å². The molecule has 0 bridgehead atoms. The Morgan fingerprint density at radius 3 is 2.55 bits per heavy atom. The van der Waals surface area contributed by atoms with Crippen molar-refractivity contribution in [2.75, 3.05) is 27.8 Å². The average molecular weight is 281 g/mol. The molecule has 1 heterocycles. The van der Waals surface area contributed by atoms with Gasteiger partial charge in [-0.05, 0) is 19.7 Å². The third kappa shape index (κ3) is 3.56. The lowest BCUT2D eigenvalue weighted by Gasteiger charge is -2.26. The van der Waals surface area contributed by atoms with Gasteiger partial charge in [0.05, 0.1) is 19.3 Å². The van der Waals surface area contributed by atoms with Crippen LogP contribution in [0, 0.1) is 0 Å². The van der Waals surface area contributed by atoms with Crippen LogP contribution in [0.1, 0.15) is 5.56 Å². The van der Waals surface area contributed by atoms with Gasteiger partial charge in [0.25, 0.3) is 0 Å². The molecule has 1 fully saturated rings. The van der Waals surface area contributed by atoms with Gasteiger partial charge in [-0.25, -0.2) is 0 Å². The Kier molecular flexibility index (Phi) is 5.51. The zero-order valence-corrected chi connectivity index (χ0v) is 12.2. The van der Waals surface area contributed by atoms with E-state index in [-0.39, 0.29) is 12.1 Å². The molecule has 20 heavy (non-hydrogen) atoms.